The summed E-state index contributed by atoms with van der Waals surface area (Å²) in [4.78, 5) is 0. The maximum Gasteiger partial charge on any atom is 0.201 e. The van der Waals surface area contributed by atoms with Crippen molar-refractivity contribution in [1.29, 1.82) is 0 Å². The molecule has 2 aromatic rings. The second-order valence-electron chi connectivity index (χ2n) is 6.75. The van der Waals surface area contributed by atoms with Gasteiger partial charge >= 0.3 is 0 Å². The van der Waals surface area contributed by atoms with Crippen molar-refractivity contribution < 1.29 is 4.43 Å². The van der Waals surface area contributed by atoms with Gasteiger partial charge in [0.25, 0.3) is 0 Å². The van der Waals surface area contributed by atoms with E-state index in [0.717, 1.165) is 18.7 Å². The second-order valence-corrected chi connectivity index (χ2v) is 10.6. The first-order valence-electron chi connectivity index (χ1n) is 9.50. The minimum Gasteiger partial charge on any atom is -0.416 e. The summed E-state index contributed by atoms with van der Waals surface area (Å²) < 4.78 is 6.56. The Balaban J connectivity index is 2.17. The lowest BCUT2D eigenvalue weighted by Gasteiger charge is -2.32. The fourth-order valence-electron chi connectivity index (χ4n) is 3.53. The summed E-state index contributed by atoms with van der Waals surface area (Å²) in [5.41, 5.74) is 2.87. The van der Waals surface area contributed by atoms with Gasteiger partial charge in [0.15, 0.2) is 0 Å². The van der Waals surface area contributed by atoms with E-state index < -0.39 is 8.32 Å². The van der Waals surface area contributed by atoms with Crippen LogP contribution >= 0.6 is 0 Å². The molecule has 0 unspecified atom stereocenters. The monoisotopic (exact) mass is 340 g/mol. The van der Waals surface area contributed by atoms with Crippen LogP contribution in [0.15, 0.2) is 60.7 Å². The van der Waals surface area contributed by atoms with Gasteiger partial charge in [0.05, 0.1) is 0 Å². The molecule has 0 aliphatic rings. The molecular weight excluding hydrogens is 308 g/mol. The molecule has 0 heterocycles. The normalized spacial score (nSPS) is 11.6. The first kappa shape index (κ1) is 18.9. The topological polar surface area (TPSA) is 9.23 Å². The molecule has 1 nitrogen and oxygen atoms in total. The van der Waals surface area contributed by atoms with Crippen molar-refractivity contribution in [2.75, 3.05) is 6.61 Å². The van der Waals surface area contributed by atoms with E-state index in [4.69, 9.17) is 4.43 Å². The molecule has 0 amide bonds. The third-order valence-corrected chi connectivity index (χ3v) is 8.95. The number of hydrogen-bond donors (Lipinski definition) is 0. The molecule has 0 saturated heterocycles. The van der Waals surface area contributed by atoms with Gasteiger partial charge in [0, 0.05) is 6.61 Å². The first-order valence-corrected chi connectivity index (χ1v) is 12.0. The van der Waals surface area contributed by atoms with Crippen LogP contribution in [-0.4, -0.2) is 14.9 Å². The highest BCUT2D eigenvalue weighted by Gasteiger charge is 2.34. The standard InChI is InChI=1S/C22H32OSi/c1-3-5-6-13-18-24(23-4-2,19-21-14-9-7-10-15-21)20-22-16-11-8-12-17-22/h7-12,14-17H,3-6,13,18-20H2,1-2H3. The van der Waals surface area contributed by atoms with E-state index in [0.29, 0.717) is 0 Å². The predicted molar refractivity (Wildman–Crippen MR) is 107 cm³/mol. The van der Waals surface area contributed by atoms with E-state index in [2.05, 4.69) is 74.5 Å². The molecule has 24 heavy (non-hydrogen) atoms. The van der Waals surface area contributed by atoms with Gasteiger partial charge in [-0.15, -0.1) is 0 Å². The van der Waals surface area contributed by atoms with E-state index in [9.17, 15) is 0 Å². The Morgan fingerprint density at radius 2 is 1.25 bits per heavy atom. The summed E-state index contributed by atoms with van der Waals surface area (Å²) in [6, 6.07) is 25.4. The van der Waals surface area contributed by atoms with Crippen molar-refractivity contribution >= 4 is 8.32 Å². The molecule has 0 fully saturated rings. The summed E-state index contributed by atoms with van der Waals surface area (Å²) in [5.74, 6) is 0. The quantitative estimate of drug-likeness (QED) is 0.354. The Morgan fingerprint density at radius 1 is 0.708 bits per heavy atom. The van der Waals surface area contributed by atoms with Crippen molar-refractivity contribution in [3.63, 3.8) is 0 Å². The minimum absolute atomic E-state index is 0.833. The van der Waals surface area contributed by atoms with Crippen LogP contribution in [0.3, 0.4) is 0 Å². The Hall–Kier alpha value is -1.38. The molecule has 0 atom stereocenters. The first-order chi connectivity index (χ1) is 11.8. The number of rotatable bonds is 11. The van der Waals surface area contributed by atoms with Gasteiger partial charge in [-0.1, -0.05) is 93.3 Å². The summed E-state index contributed by atoms with van der Waals surface area (Å²) >= 11 is 0. The summed E-state index contributed by atoms with van der Waals surface area (Å²) in [6.07, 6.45) is 5.27. The van der Waals surface area contributed by atoms with Gasteiger partial charge in [-0.25, -0.2) is 0 Å². The average Bonchev–Trinajstić information content (AvgIpc) is 2.61. The highest BCUT2D eigenvalue weighted by Crippen LogP contribution is 2.26. The van der Waals surface area contributed by atoms with Crippen LogP contribution in [0, 0.1) is 0 Å². The van der Waals surface area contributed by atoms with Gasteiger partial charge in [-0.3, -0.25) is 0 Å². The highest BCUT2D eigenvalue weighted by atomic mass is 28.4. The largest absolute Gasteiger partial charge is 0.416 e. The maximum atomic E-state index is 6.56. The van der Waals surface area contributed by atoms with E-state index in [1.165, 1.54) is 42.9 Å². The van der Waals surface area contributed by atoms with Gasteiger partial charge < -0.3 is 4.43 Å². The SMILES string of the molecule is CCCCCC[Si](Cc1ccccc1)(Cc1ccccc1)OCC. The maximum absolute atomic E-state index is 6.56. The van der Waals surface area contributed by atoms with Crippen LogP contribution in [0.5, 0.6) is 0 Å². The number of unbranched alkanes of at least 4 members (excludes halogenated alkanes) is 3. The molecular formula is C22H32OSi. The predicted octanol–water partition coefficient (Wildman–Crippen LogP) is 6.11. The average molecular weight is 341 g/mol. The third kappa shape index (κ3) is 6.25. The zero-order valence-corrected chi connectivity index (χ0v) is 16.3. The van der Waals surface area contributed by atoms with E-state index in [-0.39, 0.29) is 0 Å². The van der Waals surface area contributed by atoms with Crippen molar-refractivity contribution in [2.24, 2.45) is 0 Å². The van der Waals surface area contributed by atoms with Gasteiger partial charge in [0.1, 0.15) is 0 Å². The fourth-order valence-corrected chi connectivity index (χ4v) is 7.82. The Bertz CT molecular complexity index is 511. The molecule has 2 aromatic carbocycles. The molecule has 2 rings (SSSR count). The molecule has 2 heteroatoms. The summed E-state index contributed by atoms with van der Waals surface area (Å²) in [5, 5.41) is 0. The van der Waals surface area contributed by atoms with Gasteiger partial charge in [-0.05, 0) is 36.2 Å². The molecule has 0 aliphatic carbocycles. The molecule has 0 radical (unpaired) electrons. The number of benzene rings is 2. The van der Waals surface area contributed by atoms with Crippen LogP contribution in [0.1, 0.15) is 50.7 Å². The minimum atomic E-state index is -1.83. The highest BCUT2D eigenvalue weighted by molar-refractivity contribution is 6.72. The van der Waals surface area contributed by atoms with Crippen LogP contribution < -0.4 is 0 Å². The van der Waals surface area contributed by atoms with Crippen molar-refractivity contribution in [3.05, 3.63) is 71.8 Å². The van der Waals surface area contributed by atoms with Crippen molar-refractivity contribution in [1.82, 2.24) is 0 Å². The lowest BCUT2D eigenvalue weighted by Crippen LogP contribution is -2.44. The van der Waals surface area contributed by atoms with Crippen LogP contribution in [0.4, 0.5) is 0 Å². The van der Waals surface area contributed by atoms with Crippen molar-refractivity contribution in [3.8, 4) is 0 Å². The zero-order chi connectivity index (χ0) is 17.1. The summed E-state index contributed by atoms with van der Waals surface area (Å²) in [7, 11) is -1.83. The number of hydrogen-bond acceptors (Lipinski definition) is 1. The van der Waals surface area contributed by atoms with Gasteiger partial charge in [-0.2, -0.15) is 0 Å². The van der Waals surface area contributed by atoms with E-state index in [1.807, 2.05) is 0 Å². The smallest absolute Gasteiger partial charge is 0.201 e. The molecule has 0 N–H and O–H groups in total. The molecule has 0 saturated carbocycles. The lowest BCUT2D eigenvalue weighted by molar-refractivity contribution is 0.315. The Kier molecular flexibility index (Phi) is 8.27. The fraction of sp³-hybridized carbons (Fsp3) is 0.455. The third-order valence-electron chi connectivity index (χ3n) is 4.67. The Morgan fingerprint density at radius 3 is 1.71 bits per heavy atom. The van der Waals surface area contributed by atoms with Gasteiger partial charge in [0.2, 0.25) is 8.32 Å². The van der Waals surface area contributed by atoms with Crippen LogP contribution in [0.2, 0.25) is 6.04 Å². The van der Waals surface area contributed by atoms with E-state index >= 15 is 0 Å². The van der Waals surface area contributed by atoms with Crippen LogP contribution in [-0.2, 0) is 16.5 Å². The lowest BCUT2D eigenvalue weighted by atomic mass is 10.2. The molecule has 0 aliphatic heterocycles. The summed E-state index contributed by atoms with van der Waals surface area (Å²) in [6.45, 7) is 5.27. The molecule has 0 spiro atoms. The van der Waals surface area contributed by atoms with E-state index in [1.54, 1.807) is 0 Å². The molecule has 130 valence electrons. The van der Waals surface area contributed by atoms with Crippen LogP contribution in [0.25, 0.3) is 0 Å². The molecule has 0 bridgehead atoms. The zero-order valence-electron chi connectivity index (χ0n) is 15.3. The Labute approximate surface area is 149 Å². The second kappa shape index (κ2) is 10.5. The molecule has 0 aromatic heterocycles. The van der Waals surface area contributed by atoms with Crippen molar-refractivity contribution in [2.45, 2.75) is 57.7 Å².